The molecule has 0 bridgehead atoms. The Morgan fingerprint density at radius 3 is 2.65 bits per heavy atom. The normalized spacial score (nSPS) is 16.1. The van der Waals surface area contributed by atoms with Gasteiger partial charge in [-0.15, -0.1) is 5.10 Å². The molecule has 0 radical (unpaired) electrons. The van der Waals surface area contributed by atoms with Gasteiger partial charge in [-0.2, -0.15) is 0 Å². The van der Waals surface area contributed by atoms with Gasteiger partial charge in [-0.05, 0) is 44.5 Å². The van der Waals surface area contributed by atoms with E-state index in [0.717, 1.165) is 31.7 Å². The zero-order valence-corrected chi connectivity index (χ0v) is 14.0. The lowest BCUT2D eigenvalue weighted by molar-refractivity contribution is 0.338. The molecule has 6 nitrogen and oxygen atoms in total. The number of ether oxygens (including phenoxy) is 1. The highest BCUT2D eigenvalue weighted by molar-refractivity contribution is 5.37. The van der Waals surface area contributed by atoms with Crippen molar-refractivity contribution in [3.8, 4) is 5.75 Å². The van der Waals surface area contributed by atoms with Gasteiger partial charge in [-0.1, -0.05) is 23.3 Å². The molecule has 1 aliphatic rings. The van der Waals surface area contributed by atoms with Crippen molar-refractivity contribution in [3.05, 3.63) is 35.7 Å². The summed E-state index contributed by atoms with van der Waals surface area (Å²) in [6, 6.07) is 8.94. The summed E-state index contributed by atoms with van der Waals surface area (Å²) >= 11 is 0. The number of nitrogens with zero attached hydrogens (tertiary/aromatic N) is 4. The molecular formula is C17H24N4O2. The second kappa shape index (κ2) is 7.00. The van der Waals surface area contributed by atoms with Crippen molar-refractivity contribution < 1.29 is 9.15 Å². The fourth-order valence-corrected chi connectivity index (χ4v) is 3.09. The Bertz CT molecular complexity index is 633. The molecule has 1 saturated heterocycles. The van der Waals surface area contributed by atoms with Crippen LogP contribution in [-0.2, 0) is 6.54 Å². The highest BCUT2D eigenvalue weighted by Gasteiger charge is 2.25. The molecule has 0 saturated carbocycles. The Hall–Kier alpha value is -2.08. The van der Waals surface area contributed by atoms with E-state index in [1.165, 1.54) is 5.56 Å². The van der Waals surface area contributed by atoms with E-state index in [1.807, 2.05) is 31.1 Å². The van der Waals surface area contributed by atoms with Gasteiger partial charge in [0.15, 0.2) is 0 Å². The SMILES string of the molecule is COc1ccccc1C1CCN(c2nnc(CN(C)C)o2)CC1. The first kappa shape index (κ1) is 15.8. The van der Waals surface area contributed by atoms with Crippen LogP contribution in [0.15, 0.2) is 28.7 Å². The summed E-state index contributed by atoms with van der Waals surface area (Å²) in [7, 11) is 5.71. The molecular weight excluding hydrogens is 292 g/mol. The molecule has 124 valence electrons. The van der Waals surface area contributed by atoms with Gasteiger partial charge in [0, 0.05) is 13.1 Å². The number of hydrogen-bond donors (Lipinski definition) is 0. The first-order valence-electron chi connectivity index (χ1n) is 8.02. The number of aromatic nitrogens is 2. The molecule has 0 N–H and O–H groups in total. The Kier molecular flexibility index (Phi) is 4.81. The van der Waals surface area contributed by atoms with Crippen LogP contribution >= 0.6 is 0 Å². The summed E-state index contributed by atoms with van der Waals surface area (Å²) in [5.41, 5.74) is 1.30. The van der Waals surface area contributed by atoms with E-state index in [1.54, 1.807) is 7.11 Å². The number of methoxy groups -OCH3 is 1. The number of para-hydroxylation sites is 1. The van der Waals surface area contributed by atoms with Crippen molar-refractivity contribution in [2.24, 2.45) is 0 Å². The van der Waals surface area contributed by atoms with Gasteiger partial charge in [0.1, 0.15) is 5.75 Å². The average Bonchev–Trinajstić information content (AvgIpc) is 3.02. The molecule has 3 rings (SSSR count). The number of benzene rings is 1. The number of anilines is 1. The molecule has 6 heteroatoms. The van der Waals surface area contributed by atoms with Crippen LogP contribution in [0.5, 0.6) is 5.75 Å². The zero-order chi connectivity index (χ0) is 16.2. The molecule has 1 fully saturated rings. The van der Waals surface area contributed by atoms with Crippen molar-refractivity contribution in [1.82, 2.24) is 15.1 Å². The van der Waals surface area contributed by atoms with Crippen LogP contribution in [0.3, 0.4) is 0 Å². The minimum Gasteiger partial charge on any atom is -0.496 e. The fraction of sp³-hybridized carbons (Fsp3) is 0.529. The molecule has 0 spiro atoms. The van der Waals surface area contributed by atoms with E-state index in [2.05, 4.69) is 27.2 Å². The van der Waals surface area contributed by atoms with Crippen molar-refractivity contribution in [2.75, 3.05) is 39.2 Å². The Morgan fingerprint density at radius 2 is 1.96 bits per heavy atom. The third kappa shape index (κ3) is 3.64. The van der Waals surface area contributed by atoms with Gasteiger partial charge in [0.05, 0.1) is 13.7 Å². The lowest BCUT2D eigenvalue weighted by Crippen LogP contribution is -2.33. The molecule has 0 unspecified atom stereocenters. The van der Waals surface area contributed by atoms with Crippen LogP contribution in [0.4, 0.5) is 6.01 Å². The van der Waals surface area contributed by atoms with E-state index < -0.39 is 0 Å². The van der Waals surface area contributed by atoms with Crippen molar-refractivity contribution in [2.45, 2.75) is 25.3 Å². The highest BCUT2D eigenvalue weighted by atomic mass is 16.5. The van der Waals surface area contributed by atoms with Gasteiger partial charge in [-0.25, -0.2) is 0 Å². The number of hydrogen-bond acceptors (Lipinski definition) is 6. The topological polar surface area (TPSA) is 54.6 Å². The predicted molar refractivity (Wildman–Crippen MR) is 88.9 cm³/mol. The number of rotatable bonds is 5. The second-order valence-electron chi connectivity index (χ2n) is 6.22. The third-order valence-corrected chi connectivity index (χ3v) is 4.25. The third-order valence-electron chi connectivity index (χ3n) is 4.25. The van der Waals surface area contributed by atoms with Crippen molar-refractivity contribution >= 4 is 6.01 Å². The average molecular weight is 316 g/mol. The molecule has 0 amide bonds. The summed E-state index contributed by atoms with van der Waals surface area (Å²) in [5.74, 6) is 2.17. The van der Waals surface area contributed by atoms with Crippen molar-refractivity contribution in [1.29, 1.82) is 0 Å². The molecule has 0 aliphatic carbocycles. The van der Waals surface area contributed by atoms with Gasteiger partial charge in [0.2, 0.25) is 5.89 Å². The summed E-state index contributed by atoms with van der Waals surface area (Å²) in [4.78, 5) is 4.20. The standard InChI is InChI=1S/C17H24N4O2/c1-20(2)12-16-18-19-17(23-16)21-10-8-13(9-11-21)14-6-4-5-7-15(14)22-3/h4-7,13H,8-12H2,1-3H3. The fourth-order valence-electron chi connectivity index (χ4n) is 3.09. The lowest BCUT2D eigenvalue weighted by Gasteiger charge is -2.31. The Morgan fingerprint density at radius 1 is 1.22 bits per heavy atom. The smallest absolute Gasteiger partial charge is 0.318 e. The summed E-state index contributed by atoms with van der Waals surface area (Å²) < 4.78 is 11.2. The maximum Gasteiger partial charge on any atom is 0.318 e. The minimum atomic E-state index is 0.520. The molecule has 1 aliphatic heterocycles. The lowest BCUT2D eigenvalue weighted by atomic mass is 9.89. The largest absolute Gasteiger partial charge is 0.496 e. The maximum atomic E-state index is 5.76. The first-order chi connectivity index (χ1) is 11.2. The highest BCUT2D eigenvalue weighted by Crippen LogP contribution is 2.34. The minimum absolute atomic E-state index is 0.520. The first-order valence-corrected chi connectivity index (χ1v) is 8.02. The van der Waals surface area contributed by atoms with Crippen LogP contribution in [0.25, 0.3) is 0 Å². The van der Waals surface area contributed by atoms with Crippen LogP contribution in [-0.4, -0.2) is 49.4 Å². The van der Waals surface area contributed by atoms with Crippen LogP contribution in [0.1, 0.15) is 30.2 Å². The van der Waals surface area contributed by atoms with E-state index >= 15 is 0 Å². The van der Waals surface area contributed by atoms with E-state index in [0.29, 0.717) is 24.4 Å². The Balaban J connectivity index is 1.63. The molecule has 0 atom stereocenters. The van der Waals surface area contributed by atoms with E-state index in [-0.39, 0.29) is 0 Å². The maximum absolute atomic E-state index is 5.76. The number of piperidine rings is 1. The molecule has 2 heterocycles. The van der Waals surface area contributed by atoms with Crippen LogP contribution in [0.2, 0.25) is 0 Å². The predicted octanol–water partition coefficient (Wildman–Crippen LogP) is 2.52. The molecule has 2 aromatic rings. The quantitative estimate of drug-likeness (QED) is 0.845. The summed E-state index contributed by atoms with van der Waals surface area (Å²) in [6.45, 7) is 2.52. The van der Waals surface area contributed by atoms with Gasteiger partial charge in [0.25, 0.3) is 0 Å². The summed E-state index contributed by atoms with van der Waals surface area (Å²) in [6.07, 6.45) is 2.12. The van der Waals surface area contributed by atoms with Crippen LogP contribution < -0.4 is 9.64 Å². The van der Waals surface area contributed by atoms with E-state index in [9.17, 15) is 0 Å². The monoisotopic (exact) mass is 316 g/mol. The molecule has 1 aromatic heterocycles. The molecule has 1 aromatic carbocycles. The Labute approximate surface area is 137 Å². The van der Waals surface area contributed by atoms with Gasteiger partial charge >= 0.3 is 6.01 Å². The van der Waals surface area contributed by atoms with Gasteiger partial charge < -0.3 is 19.0 Å². The summed E-state index contributed by atoms with van der Waals surface area (Å²) in [5, 5.41) is 8.30. The molecule has 23 heavy (non-hydrogen) atoms. The second-order valence-corrected chi connectivity index (χ2v) is 6.22. The van der Waals surface area contributed by atoms with Crippen LogP contribution in [0, 0.1) is 0 Å². The van der Waals surface area contributed by atoms with Crippen molar-refractivity contribution in [3.63, 3.8) is 0 Å². The zero-order valence-electron chi connectivity index (χ0n) is 14.0. The van der Waals surface area contributed by atoms with Gasteiger partial charge in [-0.3, -0.25) is 0 Å². The van der Waals surface area contributed by atoms with E-state index in [4.69, 9.17) is 9.15 Å².